The van der Waals surface area contributed by atoms with Crippen LogP contribution < -0.4 is 0 Å². The van der Waals surface area contributed by atoms with E-state index in [1.165, 1.54) is 12.1 Å². The predicted octanol–water partition coefficient (Wildman–Crippen LogP) is 3.53. The van der Waals surface area contributed by atoms with E-state index in [0.29, 0.717) is 6.42 Å². The van der Waals surface area contributed by atoms with Crippen molar-refractivity contribution in [2.45, 2.75) is 37.9 Å². The fourth-order valence-corrected chi connectivity index (χ4v) is 3.45. The summed E-state index contributed by atoms with van der Waals surface area (Å²) in [4.78, 5) is 12.3. The van der Waals surface area contributed by atoms with E-state index in [1.54, 1.807) is 17.8 Å². The average Bonchev–Trinajstić information content (AvgIpc) is 2.72. The number of thioether (sulfide) groups is 1. The molecule has 0 radical (unpaired) electrons. The van der Waals surface area contributed by atoms with Crippen molar-refractivity contribution in [2.75, 3.05) is 5.75 Å². The lowest BCUT2D eigenvalue weighted by Gasteiger charge is -2.21. The maximum Gasteiger partial charge on any atom is 0.152 e. The van der Waals surface area contributed by atoms with Crippen molar-refractivity contribution in [1.82, 2.24) is 0 Å². The van der Waals surface area contributed by atoms with Crippen molar-refractivity contribution in [3.05, 3.63) is 35.1 Å². The molecule has 1 aliphatic rings. The number of ketones is 1. The Labute approximate surface area is 106 Å². The molecule has 0 saturated carbocycles. The first-order chi connectivity index (χ1) is 8.01. The Morgan fingerprint density at radius 3 is 2.94 bits per heavy atom. The van der Waals surface area contributed by atoms with Gasteiger partial charge in [-0.05, 0) is 55.7 Å². The topological polar surface area (TPSA) is 17.1 Å². The molecule has 1 atom stereocenters. The molecule has 1 nitrogen and oxygen atoms in total. The standard InChI is InChI=1S/C14H17FOS/c1-10-4-5-12(15)8-11(10)9-13(16)14(2)6-3-7-17-14/h4-5,8H,3,6-7,9H2,1-2H3. The smallest absolute Gasteiger partial charge is 0.152 e. The van der Waals surface area contributed by atoms with Crippen LogP contribution in [-0.2, 0) is 11.2 Å². The summed E-state index contributed by atoms with van der Waals surface area (Å²) < 4.78 is 12.9. The van der Waals surface area contributed by atoms with Gasteiger partial charge in [-0.25, -0.2) is 4.39 Å². The molecule has 0 aromatic heterocycles. The molecule has 1 aromatic rings. The summed E-state index contributed by atoms with van der Waals surface area (Å²) in [6, 6.07) is 4.66. The third kappa shape index (κ3) is 2.71. The van der Waals surface area contributed by atoms with Gasteiger partial charge in [-0.3, -0.25) is 4.79 Å². The molecule has 0 N–H and O–H groups in total. The van der Waals surface area contributed by atoms with Crippen LogP contribution in [0.1, 0.15) is 30.9 Å². The van der Waals surface area contributed by atoms with Gasteiger partial charge in [-0.2, -0.15) is 0 Å². The van der Waals surface area contributed by atoms with Crippen molar-refractivity contribution in [2.24, 2.45) is 0 Å². The maximum atomic E-state index is 13.2. The highest BCUT2D eigenvalue weighted by Gasteiger charge is 2.36. The van der Waals surface area contributed by atoms with E-state index in [9.17, 15) is 9.18 Å². The van der Waals surface area contributed by atoms with Crippen molar-refractivity contribution < 1.29 is 9.18 Å². The molecule has 92 valence electrons. The van der Waals surface area contributed by atoms with E-state index in [1.807, 2.05) is 13.8 Å². The summed E-state index contributed by atoms with van der Waals surface area (Å²) in [7, 11) is 0. The normalized spacial score (nSPS) is 23.9. The number of carbonyl (C=O) groups excluding carboxylic acids is 1. The molecule has 1 saturated heterocycles. The molecule has 17 heavy (non-hydrogen) atoms. The fraction of sp³-hybridized carbons (Fsp3) is 0.500. The van der Waals surface area contributed by atoms with Gasteiger partial charge < -0.3 is 0 Å². The van der Waals surface area contributed by atoms with Crippen LogP contribution in [0.25, 0.3) is 0 Å². The highest BCUT2D eigenvalue weighted by atomic mass is 32.2. The second-order valence-corrected chi connectivity index (χ2v) is 6.45. The zero-order valence-electron chi connectivity index (χ0n) is 10.3. The van der Waals surface area contributed by atoms with Crippen LogP contribution in [0.15, 0.2) is 18.2 Å². The second-order valence-electron chi connectivity index (χ2n) is 4.85. The second kappa shape index (κ2) is 4.81. The summed E-state index contributed by atoms with van der Waals surface area (Å²) >= 11 is 1.74. The number of aryl methyl sites for hydroxylation is 1. The summed E-state index contributed by atoms with van der Waals surface area (Å²) in [5.74, 6) is 1.03. The molecule has 1 aliphatic heterocycles. The minimum atomic E-state index is -0.261. The number of benzene rings is 1. The SMILES string of the molecule is Cc1ccc(F)cc1CC(=O)C1(C)CCCS1. The van der Waals surface area contributed by atoms with Crippen LogP contribution in [0.2, 0.25) is 0 Å². The molecule has 0 amide bonds. The van der Waals surface area contributed by atoms with Gasteiger partial charge >= 0.3 is 0 Å². The Morgan fingerprint density at radius 2 is 2.29 bits per heavy atom. The van der Waals surface area contributed by atoms with Gasteiger partial charge in [0.05, 0.1) is 4.75 Å². The lowest BCUT2D eigenvalue weighted by atomic mass is 9.93. The molecule has 0 bridgehead atoms. The first kappa shape index (κ1) is 12.6. The number of Topliss-reactive ketones (excluding diaryl/α,β-unsaturated/α-hetero) is 1. The molecular formula is C14H17FOS. The minimum absolute atomic E-state index is 0.230. The van der Waals surface area contributed by atoms with Crippen LogP contribution in [-0.4, -0.2) is 16.3 Å². The van der Waals surface area contributed by atoms with Gasteiger partial charge in [-0.1, -0.05) is 6.07 Å². The van der Waals surface area contributed by atoms with Gasteiger partial charge in [0, 0.05) is 6.42 Å². The zero-order valence-corrected chi connectivity index (χ0v) is 11.1. The highest BCUT2D eigenvalue weighted by Crippen LogP contribution is 2.39. The number of carbonyl (C=O) groups is 1. The van der Waals surface area contributed by atoms with E-state index in [4.69, 9.17) is 0 Å². The Morgan fingerprint density at radius 1 is 1.53 bits per heavy atom. The monoisotopic (exact) mass is 252 g/mol. The Bertz CT molecular complexity index is 436. The van der Waals surface area contributed by atoms with Gasteiger partial charge in [-0.15, -0.1) is 11.8 Å². The molecule has 1 fully saturated rings. The van der Waals surface area contributed by atoms with Crippen molar-refractivity contribution in [3.8, 4) is 0 Å². The highest BCUT2D eigenvalue weighted by molar-refractivity contribution is 8.01. The largest absolute Gasteiger partial charge is 0.298 e. The maximum absolute atomic E-state index is 13.2. The lowest BCUT2D eigenvalue weighted by molar-refractivity contribution is -0.120. The fourth-order valence-electron chi connectivity index (χ4n) is 2.19. The van der Waals surface area contributed by atoms with E-state index in [-0.39, 0.29) is 16.3 Å². The van der Waals surface area contributed by atoms with Gasteiger partial charge in [0.25, 0.3) is 0 Å². The van der Waals surface area contributed by atoms with E-state index in [0.717, 1.165) is 29.7 Å². The van der Waals surface area contributed by atoms with Gasteiger partial charge in [0.2, 0.25) is 0 Å². The molecule has 0 spiro atoms. The molecule has 1 aromatic carbocycles. The quantitative estimate of drug-likeness (QED) is 0.818. The Balaban J connectivity index is 2.15. The Kier molecular flexibility index (Phi) is 3.57. The molecular weight excluding hydrogens is 235 g/mol. The zero-order chi connectivity index (χ0) is 12.5. The minimum Gasteiger partial charge on any atom is -0.298 e. The van der Waals surface area contributed by atoms with Crippen LogP contribution in [0.3, 0.4) is 0 Å². The molecule has 2 rings (SSSR count). The predicted molar refractivity (Wildman–Crippen MR) is 69.9 cm³/mol. The number of hydrogen-bond acceptors (Lipinski definition) is 2. The molecule has 3 heteroatoms. The van der Waals surface area contributed by atoms with E-state index >= 15 is 0 Å². The Hall–Kier alpha value is -0.830. The summed E-state index contributed by atoms with van der Waals surface area (Å²) in [5, 5.41) is 0. The third-order valence-corrected chi connectivity index (χ3v) is 5.03. The van der Waals surface area contributed by atoms with Gasteiger partial charge in [0.1, 0.15) is 5.82 Å². The van der Waals surface area contributed by atoms with Crippen LogP contribution in [0.5, 0.6) is 0 Å². The molecule has 1 unspecified atom stereocenters. The summed E-state index contributed by atoms with van der Waals surface area (Å²) in [6.45, 7) is 3.94. The average molecular weight is 252 g/mol. The summed E-state index contributed by atoms with van der Waals surface area (Å²) in [5.41, 5.74) is 1.81. The first-order valence-electron chi connectivity index (χ1n) is 5.93. The summed E-state index contributed by atoms with van der Waals surface area (Å²) in [6.07, 6.45) is 2.41. The van der Waals surface area contributed by atoms with Crippen molar-refractivity contribution >= 4 is 17.5 Å². The molecule has 0 aliphatic carbocycles. The first-order valence-corrected chi connectivity index (χ1v) is 6.92. The van der Waals surface area contributed by atoms with E-state index in [2.05, 4.69) is 0 Å². The van der Waals surface area contributed by atoms with Crippen LogP contribution >= 0.6 is 11.8 Å². The van der Waals surface area contributed by atoms with Crippen molar-refractivity contribution in [3.63, 3.8) is 0 Å². The number of halogens is 1. The number of rotatable bonds is 3. The van der Waals surface area contributed by atoms with E-state index < -0.39 is 0 Å². The van der Waals surface area contributed by atoms with Crippen LogP contribution in [0, 0.1) is 12.7 Å². The lowest BCUT2D eigenvalue weighted by Crippen LogP contribution is -2.30. The third-order valence-electron chi connectivity index (χ3n) is 3.47. The van der Waals surface area contributed by atoms with Crippen molar-refractivity contribution in [1.29, 1.82) is 0 Å². The van der Waals surface area contributed by atoms with Crippen LogP contribution in [0.4, 0.5) is 4.39 Å². The molecule has 1 heterocycles. The van der Waals surface area contributed by atoms with Gasteiger partial charge in [0.15, 0.2) is 5.78 Å². The number of hydrogen-bond donors (Lipinski definition) is 0.